The summed E-state index contributed by atoms with van der Waals surface area (Å²) in [6.07, 6.45) is 13.5. The molecule has 0 radical (unpaired) electrons. The number of nitrogens with one attached hydrogen (secondary N) is 1. The summed E-state index contributed by atoms with van der Waals surface area (Å²) in [6, 6.07) is 7.55. The Balaban J connectivity index is 1.45. The van der Waals surface area contributed by atoms with Crippen molar-refractivity contribution in [2.75, 3.05) is 7.05 Å². The second-order valence-electron chi connectivity index (χ2n) is 8.13. The first-order valence-electron chi connectivity index (χ1n) is 10.3. The number of carbonyl (C=O) groups excluding carboxylic acids is 2. The predicted molar refractivity (Wildman–Crippen MR) is 113 cm³/mol. The molecule has 1 aliphatic heterocycles. The standard InChI is InChI=1S/C24H26N2O3/c1-16-7-13-19(14-8-16)25-23(27)18-11-9-17(10-12-18)15-22-24(28)26(2)20-5-3-4-6-21(20)29-22/h3-6,9-12,15-16,19,21H,7-8,13-14H2,1-2H3/p+1/b22-15-. The first kappa shape index (κ1) is 19.4. The van der Waals surface area contributed by atoms with E-state index in [0.29, 0.717) is 11.3 Å². The number of hydrogen-bond donors (Lipinski definition) is 1. The zero-order valence-corrected chi connectivity index (χ0v) is 16.9. The summed E-state index contributed by atoms with van der Waals surface area (Å²) in [5.41, 5.74) is 2.29. The van der Waals surface area contributed by atoms with E-state index in [-0.39, 0.29) is 24.0 Å². The SMILES string of the molecule is CC1CCC(NC(=O)c2ccc(/C=C3\OC4C=CC=CC4=[N+](C)C3=O)cc2)CC1. The van der Waals surface area contributed by atoms with Crippen LogP contribution in [0.2, 0.25) is 0 Å². The number of ether oxygens (including phenoxy) is 1. The number of rotatable bonds is 3. The number of hydrogen-bond acceptors (Lipinski definition) is 3. The molecule has 0 saturated heterocycles. The normalized spacial score (nSPS) is 27.6. The fourth-order valence-corrected chi connectivity index (χ4v) is 4.04. The van der Waals surface area contributed by atoms with Crippen molar-refractivity contribution < 1.29 is 18.9 Å². The molecule has 5 heteroatoms. The largest absolute Gasteiger partial charge is 0.465 e. The molecule has 1 heterocycles. The van der Waals surface area contributed by atoms with Crippen molar-refractivity contribution in [1.29, 1.82) is 0 Å². The van der Waals surface area contributed by atoms with Crippen LogP contribution >= 0.6 is 0 Å². The molecule has 1 N–H and O–H groups in total. The van der Waals surface area contributed by atoms with Gasteiger partial charge in [0.05, 0.1) is 0 Å². The Morgan fingerprint density at radius 1 is 1.14 bits per heavy atom. The maximum atomic E-state index is 12.6. The van der Waals surface area contributed by atoms with Gasteiger partial charge in [-0.25, -0.2) is 4.79 Å². The number of benzene rings is 1. The molecule has 0 aromatic heterocycles. The average molecular weight is 391 g/mol. The van der Waals surface area contributed by atoms with Gasteiger partial charge < -0.3 is 10.1 Å². The van der Waals surface area contributed by atoms with Gasteiger partial charge in [-0.15, -0.1) is 0 Å². The van der Waals surface area contributed by atoms with Crippen LogP contribution in [0.3, 0.4) is 0 Å². The van der Waals surface area contributed by atoms with Gasteiger partial charge in [-0.2, -0.15) is 4.58 Å². The van der Waals surface area contributed by atoms with Crippen LogP contribution in [0.25, 0.3) is 6.08 Å². The molecule has 1 fully saturated rings. The summed E-state index contributed by atoms with van der Waals surface area (Å²) in [5, 5.41) is 3.14. The summed E-state index contributed by atoms with van der Waals surface area (Å²) < 4.78 is 7.50. The summed E-state index contributed by atoms with van der Waals surface area (Å²) in [5.74, 6) is 0.846. The second kappa shape index (κ2) is 8.19. The van der Waals surface area contributed by atoms with Crippen LogP contribution < -0.4 is 5.32 Å². The Kier molecular flexibility index (Phi) is 5.47. The average Bonchev–Trinajstić information content (AvgIpc) is 2.74. The number of likely N-dealkylation sites (N-methyl/N-ethyl adjacent to an activating group) is 1. The fourth-order valence-electron chi connectivity index (χ4n) is 4.04. The molecule has 1 unspecified atom stereocenters. The minimum absolute atomic E-state index is 0.0353. The smallest absolute Gasteiger partial charge is 0.454 e. The number of amides is 2. The van der Waals surface area contributed by atoms with Gasteiger partial charge in [0.25, 0.3) is 5.91 Å². The van der Waals surface area contributed by atoms with Crippen molar-refractivity contribution in [3.05, 3.63) is 65.5 Å². The minimum atomic E-state index is -0.253. The van der Waals surface area contributed by atoms with Crippen LogP contribution in [0.5, 0.6) is 0 Å². The highest BCUT2D eigenvalue weighted by atomic mass is 16.5. The van der Waals surface area contributed by atoms with Gasteiger partial charge in [0, 0.05) is 17.7 Å². The van der Waals surface area contributed by atoms with Crippen LogP contribution in [0.15, 0.2) is 54.3 Å². The molecule has 2 amide bonds. The van der Waals surface area contributed by atoms with Gasteiger partial charge in [-0.05, 0) is 61.4 Å². The topological polar surface area (TPSA) is 58.4 Å². The molecule has 0 spiro atoms. The lowest BCUT2D eigenvalue weighted by atomic mass is 9.87. The van der Waals surface area contributed by atoms with Gasteiger partial charge in [0.2, 0.25) is 17.6 Å². The highest BCUT2D eigenvalue weighted by Crippen LogP contribution is 2.24. The number of nitrogens with zero attached hydrogens (tertiary/aromatic N) is 1. The van der Waals surface area contributed by atoms with Crippen LogP contribution in [-0.2, 0) is 9.53 Å². The van der Waals surface area contributed by atoms with Crippen molar-refractivity contribution >= 4 is 23.6 Å². The molecule has 4 rings (SSSR count). The van der Waals surface area contributed by atoms with Crippen molar-refractivity contribution in [3.8, 4) is 0 Å². The monoisotopic (exact) mass is 391 g/mol. The predicted octanol–water partition coefficient (Wildman–Crippen LogP) is 3.47. The Morgan fingerprint density at radius 3 is 2.59 bits per heavy atom. The molecule has 5 nitrogen and oxygen atoms in total. The lowest BCUT2D eigenvalue weighted by molar-refractivity contribution is -0.424. The third-order valence-electron chi connectivity index (χ3n) is 5.93. The van der Waals surface area contributed by atoms with E-state index in [1.54, 1.807) is 29.8 Å². The molecule has 1 aromatic rings. The molecule has 3 aliphatic rings. The maximum Gasteiger partial charge on any atom is 0.454 e. The third-order valence-corrected chi connectivity index (χ3v) is 5.93. The number of fused-ring (bicyclic) bond motifs is 1. The van der Waals surface area contributed by atoms with Crippen molar-refractivity contribution in [2.24, 2.45) is 5.92 Å². The molecular formula is C24H27N2O3+. The van der Waals surface area contributed by atoms with E-state index < -0.39 is 0 Å². The molecule has 150 valence electrons. The molecule has 2 aliphatic carbocycles. The summed E-state index contributed by atoms with van der Waals surface area (Å²) >= 11 is 0. The Bertz CT molecular complexity index is 929. The molecule has 29 heavy (non-hydrogen) atoms. The van der Waals surface area contributed by atoms with Gasteiger partial charge in [0.1, 0.15) is 7.05 Å². The molecule has 1 aromatic carbocycles. The zero-order chi connectivity index (χ0) is 20.4. The van der Waals surface area contributed by atoms with Crippen molar-refractivity contribution in [2.45, 2.75) is 44.8 Å². The van der Waals surface area contributed by atoms with E-state index in [0.717, 1.165) is 30.0 Å². The molecule has 1 atom stereocenters. The summed E-state index contributed by atoms with van der Waals surface area (Å²) in [7, 11) is 1.75. The van der Waals surface area contributed by atoms with E-state index in [9.17, 15) is 9.59 Å². The lowest BCUT2D eigenvalue weighted by Gasteiger charge is -2.26. The Morgan fingerprint density at radius 2 is 1.86 bits per heavy atom. The van der Waals surface area contributed by atoms with E-state index in [4.69, 9.17) is 4.74 Å². The first-order valence-corrected chi connectivity index (χ1v) is 10.3. The Hall–Kier alpha value is -2.95. The van der Waals surface area contributed by atoms with Gasteiger partial charge in [-0.3, -0.25) is 4.79 Å². The molecular weight excluding hydrogens is 364 g/mol. The van der Waals surface area contributed by atoms with Crippen molar-refractivity contribution in [1.82, 2.24) is 5.32 Å². The first-order chi connectivity index (χ1) is 14.0. The van der Waals surface area contributed by atoms with Gasteiger partial charge in [0.15, 0.2) is 0 Å². The third kappa shape index (κ3) is 4.24. The summed E-state index contributed by atoms with van der Waals surface area (Å²) in [4.78, 5) is 25.1. The highest BCUT2D eigenvalue weighted by Gasteiger charge is 2.37. The van der Waals surface area contributed by atoms with E-state index in [2.05, 4.69) is 12.2 Å². The van der Waals surface area contributed by atoms with Crippen LogP contribution in [0.4, 0.5) is 0 Å². The number of allylic oxidation sites excluding steroid dienone is 2. The summed E-state index contributed by atoms with van der Waals surface area (Å²) in [6.45, 7) is 2.27. The van der Waals surface area contributed by atoms with E-state index in [1.165, 1.54) is 12.8 Å². The van der Waals surface area contributed by atoms with Crippen LogP contribution in [0.1, 0.15) is 48.5 Å². The van der Waals surface area contributed by atoms with Crippen LogP contribution in [0, 0.1) is 5.92 Å². The number of carbonyl (C=O) groups is 2. The second-order valence-corrected chi connectivity index (χ2v) is 8.13. The van der Waals surface area contributed by atoms with Crippen LogP contribution in [-0.4, -0.2) is 41.3 Å². The van der Waals surface area contributed by atoms with E-state index in [1.807, 2.05) is 36.4 Å². The quantitative estimate of drug-likeness (QED) is 0.634. The fraction of sp³-hybridized carbons (Fsp3) is 0.375. The molecule has 1 saturated carbocycles. The molecule has 0 bridgehead atoms. The maximum absolute atomic E-state index is 12.6. The van der Waals surface area contributed by atoms with Gasteiger partial charge >= 0.3 is 5.91 Å². The highest BCUT2D eigenvalue weighted by molar-refractivity contribution is 6.05. The van der Waals surface area contributed by atoms with E-state index >= 15 is 0 Å². The minimum Gasteiger partial charge on any atom is -0.465 e. The van der Waals surface area contributed by atoms with Gasteiger partial charge in [-0.1, -0.05) is 31.2 Å². The Labute approximate surface area is 171 Å². The lowest BCUT2D eigenvalue weighted by Crippen LogP contribution is -2.40. The zero-order valence-electron chi connectivity index (χ0n) is 16.9. The van der Waals surface area contributed by atoms with Crippen molar-refractivity contribution in [3.63, 3.8) is 0 Å².